The van der Waals surface area contributed by atoms with Crippen LogP contribution in [-0.4, -0.2) is 25.3 Å². The van der Waals surface area contributed by atoms with E-state index in [0.29, 0.717) is 19.1 Å². The highest BCUT2D eigenvalue weighted by atomic mass is 79.9. The zero-order chi connectivity index (χ0) is 9.52. The van der Waals surface area contributed by atoms with E-state index in [1.54, 1.807) is 7.11 Å². The molecule has 0 radical (unpaired) electrons. The van der Waals surface area contributed by atoms with Gasteiger partial charge in [0.15, 0.2) is 0 Å². The van der Waals surface area contributed by atoms with Gasteiger partial charge in [0.25, 0.3) is 0 Å². The van der Waals surface area contributed by atoms with Gasteiger partial charge in [-0.25, -0.2) is 4.98 Å². The van der Waals surface area contributed by atoms with E-state index in [2.05, 4.69) is 20.9 Å². The molecule has 0 spiro atoms. The fourth-order valence-electron chi connectivity index (χ4n) is 0.850. The summed E-state index contributed by atoms with van der Waals surface area (Å²) in [6.45, 7) is 1.35. The van der Waals surface area contributed by atoms with Crippen LogP contribution < -0.4 is 4.74 Å². The van der Waals surface area contributed by atoms with E-state index < -0.39 is 0 Å². The second-order valence-corrected chi connectivity index (χ2v) is 3.31. The molecule has 0 aliphatic heterocycles. The lowest BCUT2D eigenvalue weighted by Crippen LogP contribution is -2.02. The van der Waals surface area contributed by atoms with Crippen molar-refractivity contribution in [3.8, 4) is 5.88 Å². The lowest BCUT2D eigenvalue weighted by Gasteiger charge is -2.04. The Labute approximate surface area is 86.2 Å². The van der Waals surface area contributed by atoms with Crippen molar-refractivity contribution in [1.29, 1.82) is 0 Å². The van der Waals surface area contributed by atoms with Gasteiger partial charge in [-0.1, -0.05) is 6.07 Å². The van der Waals surface area contributed by atoms with Gasteiger partial charge in [0.2, 0.25) is 5.88 Å². The molecule has 72 valence electrons. The molecule has 4 heteroatoms. The summed E-state index contributed by atoms with van der Waals surface area (Å²) in [5, 5.41) is 0. The molecule has 0 saturated heterocycles. The Morgan fingerprint density at radius 1 is 1.38 bits per heavy atom. The van der Waals surface area contributed by atoms with E-state index >= 15 is 0 Å². The number of hydrogen-bond donors (Lipinski definition) is 0. The molecule has 3 nitrogen and oxygen atoms in total. The summed E-state index contributed by atoms with van der Waals surface area (Å²) in [6, 6.07) is 5.59. The van der Waals surface area contributed by atoms with Gasteiger partial charge in [0.05, 0.1) is 6.61 Å². The Balaban J connectivity index is 2.28. The fraction of sp³-hybridized carbons (Fsp3) is 0.444. The van der Waals surface area contributed by atoms with Crippen molar-refractivity contribution in [3.05, 3.63) is 22.8 Å². The minimum absolute atomic E-state index is 0.636. The molecule has 0 aromatic carbocycles. The van der Waals surface area contributed by atoms with Crippen LogP contribution in [-0.2, 0) is 4.74 Å². The number of hydrogen-bond acceptors (Lipinski definition) is 3. The van der Waals surface area contributed by atoms with E-state index in [1.165, 1.54) is 0 Å². The number of aromatic nitrogens is 1. The molecule has 13 heavy (non-hydrogen) atoms. The quantitative estimate of drug-likeness (QED) is 0.589. The maximum absolute atomic E-state index is 5.37. The first kappa shape index (κ1) is 10.5. The van der Waals surface area contributed by atoms with E-state index in [-0.39, 0.29) is 0 Å². The number of rotatable bonds is 5. The van der Waals surface area contributed by atoms with Gasteiger partial charge in [-0.3, -0.25) is 0 Å². The minimum atomic E-state index is 0.636. The number of pyridine rings is 1. The van der Waals surface area contributed by atoms with Crippen LogP contribution in [0, 0.1) is 0 Å². The lowest BCUT2D eigenvalue weighted by molar-refractivity contribution is 0.170. The lowest BCUT2D eigenvalue weighted by atomic mass is 10.5. The predicted molar refractivity (Wildman–Crippen MR) is 53.9 cm³/mol. The first-order valence-electron chi connectivity index (χ1n) is 4.07. The first-order valence-corrected chi connectivity index (χ1v) is 4.86. The smallest absolute Gasteiger partial charge is 0.214 e. The highest BCUT2D eigenvalue weighted by Gasteiger charge is 1.95. The average molecular weight is 246 g/mol. The third-order valence-corrected chi connectivity index (χ3v) is 1.87. The van der Waals surface area contributed by atoms with Gasteiger partial charge in [-0.05, 0) is 22.0 Å². The van der Waals surface area contributed by atoms with E-state index in [4.69, 9.17) is 9.47 Å². The average Bonchev–Trinajstić information content (AvgIpc) is 2.13. The Hall–Kier alpha value is -0.610. The molecular formula is C9H12BrNO2. The van der Waals surface area contributed by atoms with Crippen LogP contribution in [0.4, 0.5) is 0 Å². The van der Waals surface area contributed by atoms with Gasteiger partial charge in [-0.15, -0.1) is 0 Å². The van der Waals surface area contributed by atoms with Crippen LogP contribution in [0.2, 0.25) is 0 Å². The Kier molecular flexibility index (Phi) is 4.78. The highest BCUT2D eigenvalue weighted by Crippen LogP contribution is 2.11. The minimum Gasteiger partial charge on any atom is -0.478 e. The van der Waals surface area contributed by atoms with Crippen LogP contribution in [0.3, 0.4) is 0 Å². The second kappa shape index (κ2) is 5.94. The summed E-state index contributed by atoms with van der Waals surface area (Å²) in [5.74, 6) is 0.644. The molecule has 0 atom stereocenters. The SMILES string of the molecule is COCCCOc1cccc(Br)n1. The van der Waals surface area contributed by atoms with Gasteiger partial charge >= 0.3 is 0 Å². The summed E-state index contributed by atoms with van der Waals surface area (Å²) < 4.78 is 11.1. The molecule has 1 rings (SSSR count). The Morgan fingerprint density at radius 2 is 2.23 bits per heavy atom. The summed E-state index contributed by atoms with van der Waals surface area (Å²) in [6.07, 6.45) is 0.880. The monoisotopic (exact) mass is 245 g/mol. The zero-order valence-electron chi connectivity index (χ0n) is 7.50. The summed E-state index contributed by atoms with van der Waals surface area (Å²) in [4.78, 5) is 4.12. The van der Waals surface area contributed by atoms with Crippen molar-refractivity contribution in [3.63, 3.8) is 0 Å². The van der Waals surface area contributed by atoms with Gasteiger partial charge in [0, 0.05) is 26.2 Å². The summed E-state index contributed by atoms with van der Waals surface area (Å²) >= 11 is 3.27. The molecule has 0 aliphatic rings. The molecule has 0 aliphatic carbocycles. The molecular weight excluding hydrogens is 234 g/mol. The van der Waals surface area contributed by atoms with Crippen molar-refractivity contribution in [2.75, 3.05) is 20.3 Å². The summed E-state index contributed by atoms with van der Waals surface area (Å²) in [5.41, 5.74) is 0. The maximum Gasteiger partial charge on any atom is 0.214 e. The van der Waals surface area contributed by atoms with Crippen LogP contribution in [0.5, 0.6) is 5.88 Å². The van der Waals surface area contributed by atoms with Crippen molar-refractivity contribution < 1.29 is 9.47 Å². The van der Waals surface area contributed by atoms with Crippen LogP contribution >= 0.6 is 15.9 Å². The van der Waals surface area contributed by atoms with E-state index in [0.717, 1.165) is 11.0 Å². The molecule has 0 bridgehead atoms. The van der Waals surface area contributed by atoms with Gasteiger partial charge in [-0.2, -0.15) is 0 Å². The molecule has 1 heterocycles. The molecule has 0 saturated carbocycles. The number of halogens is 1. The zero-order valence-corrected chi connectivity index (χ0v) is 9.08. The van der Waals surface area contributed by atoms with Gasteiger partial charge in [0.1, 0.15) is 4.60 Å². The Morgan fingerprint density at radius 3 is 2.92 bits per heavy atom. The first-order chi connectivity index (χ1) is 6.33. The standard InChI is InChI=1S/C9H12BrNO2/c1-12-6-3-7-13-9-5-2-4-8(10)11-9/h2,4-5H,3,6-7H2,1H3. The maximum atomic E-state index is 5.37. The Bertz CT molecular complexity index is 255. The number of ether oxygens (including phenoxy) is 2. The molecule has 1 aromatic heterocycles. The van der Waals surface area contributed by atoms with Crippen molar-refractivity contribution >= 4 is 15.9 Å². The number of nitrogens with zero attached hydrogens (tertiary/aromatic N) is 1. The van der Waals surface area contributed by atoms with Crippen molar-refractivity contribution in [2.24, 2.45) is 0 Å². The van der Waals surface area contributed by atoms with Crippen molar-refractivity contribution in [2.45, 2.75) is 6.42 Å². The molecule has 0 fully saturated rings. The van der Waals surface area contributed by atoms with E-state index in [9.17, 15) is 0 Å². The third kappa shape index (κ3) is 4.24. The van der Waals surface area contributed by atoms with Crippen LogP contribution in [0.25, 0.3) is 0 Å². The second-order valence-electron chi connectivity index (χ2n) is 2.49. The fourth-order valence-corrected chi connectivity index (χ4v) is 1.18. The van der Waals surface area contributed by atoms with Crippen molar-refractivity contribution in [1.82, 2.24) is 4.98 Å². The largest absolute Gasteiger partial charge is 0.478 e. The molecule has 0 unspecified atom stereocenters. The summed E-state index contributed by atoms with van der Waals surface area (Å²) in [7, 11) is 1.68. The third-order valence-electron chi connectivity index (χ3n) is 1.43. The van der Waals surface area contributed by atoms with Gasteiger partial charge < -0.3 is 9.47 Å². The van der Waals surface area contributed by atoms with Crippen LogP contribution in [0.1, 0.15) is 6.42 Å². The number of methoxy groups -OCH3 is 1. The molecule has 0 N–H and O–H groups in total. The normalized spacial score (nSPS) is 10.0. The predicted octanol–water partition coefficient (Wildman–Crippen LogP) is 2.26. The molecule has 0 amide bonds. The van der Waals surface area contributed by atoms with E-state index in [1.807, 2.05) is 18.2 Å². The molecule has 1 aromatic rings. The topological polar surface area (TPSA) is 31.4 Å². The van der Waals surface area contributed by atoms with Crippen LogP contribution in [0.15, 0.2) is 22.8 Å². The highest BCUT2D eigenvalue weighted by molar-refractivity contribution is 9.10.